The number of aromatic carboxylic acids is 2. The summed E-state index contributed by atoms with van der Waals surface area (Å²) < 4.78 is 0. The van der Waals surface area contributed by atoms with E-state index in [-0.39, 0.29) is 22.9 Å². The molecule has 0 unspecified atom stereocenters. The molecule has 34 heavy (non-hydrogen) atoms. The Morgan fingerprint density at radius 1 is 0.529 bits per heavy atom. The van der Waals surface area contributed by atoms with Gasteiger partial charge in [0, 0.05) is 23.5 Å². The highest BCUT2D eigenvalue weighted by atomic mass is 16.4. The van der Waals surface area contributed by atoms with E-state index in [9.17, 15) is 19.2 Å². The first-order valence-corrected chi connectivity index (χ1v) is 10.0. The molecule has 3 aromatic rings. The van der Waals surface area contributed by atoms with Gasteiger partial charge in [-0.1, -0.05) is 24.3 Å². The fraction of sp³-hybridized carbons (Fsp3) is 0. The predicted octanol–water partition coefficient (Wildman–Crippen LogP) is 4.39. The second kappa shape index (κ2) is 11.1. The lowest BCUT2D eigenvalue weighted by Crippen LogP contribution is -2.08. The Morgan fingerprint density at radius 2 is 0.853 bits per heavy atom. The van der Waals surface area contributed by atoms with Crippen LogP contribution in [0.25, 0.3) is 12.2 Å². The summed E-state index contributed by atoms with van der Waals surface area (Å²) in [5, 5.41) is 23.1. The maximum Gasteiger partial charge on any atom is 0.335 e. The number of nitrogens with one attached hydrogen (secondary N) is 2. The fourth-order valence-electron chi connectivity index (χ4n) is 2.82. The molecule has 0 saturated carbocycles. The topological polar surface area (TPSA) is 133 Å². The third-order valence-electron chi connectivity index (χ3n) is 4.59. The van der Waals surface area contributed by atoms with Gasteiger partial charge in [0.15, 0.2) is 0 Å². The molecule has 0 aliphatic carbocycles. The summed E-state index contributed by atoms with van der Waals surface area (Å²) in [5.41, 5.74) is 2.78. The van der Waals surface area contributed by atoms with Gasteiger partial charge in [0.2, 0.25) is 11.8 Å². The number of carboxylic acid groups (broad SMARTS) is 2. The number of amides is 2. The van der Waals surface area contributed by atoms with Gasteiger partial charge in [0.1, 0.15) is 0 Å². The zero-order valence-electron chi connectivity index (χ0n) is 17.8. The van der Waals surface area contributed by atoms with Crippen LogP contribution in [0.4, 0.5) is 11.4 Å². The molecule has 0 aliphatic heterocycles. The van der Waals surface area contributed by atoms with E-state index in [1.165, 1.54) is 60.7 Å². The Morgan fingerprint density at radius 3 is 1.15 bits per heavy atom. The quantitative estimate of drug-likeness (QED) is 0.372. The van der Waals surface area contributed by atoms with E-state index in [4.69, 9.17) is 10.2 Å². The van der Waals surface area contributed by atoms with Crippen LogP contribution in [0.5, 0.6) is 0 Å². The first-order chi connectivity index (χ1) is 16.3. The molecular weight excluding hydrogens is 436 g/mol. The van der Waals surface area contributed by atoms with Crippen LogP contribution >= 0.6 is 0 Å². The third kappa shape index (κ3) is 7.03. The van der Waals surface area contributed by atoms with E-state index < -0.39 is 11.9 Å². The van der Waals surface area contributed by atoms with E-state index in [1.807, 2.05) is 0 Å². The van der Waals surface area contributed by atoms with Crippen molar-refractivity contribution in [1.29, 1.82) is 0 Å². The molecule has 3 aromatic carbocycles. The smallest absolute Gasteiger partial charge is 0.335 e. The monoisotopic (exact) mass is 456 g/mol. The van der Waals surface area contributed by atoms with E-state index >= 15 is 0 Å². The molecule has 4 N–H and O–H groups in total. The fourth-order valence-corrected chi connectivity index (χ4v) is 2.82. The second-order valence-electron chi connectivity index (χ2n) is 7.08. The lowest BCUT2D eigenvalue weighted by molar-refractivity contribution is -0.112. The summed E-state index contributed by atoms with van der Waals surface area (Å²) in [4.78, 5) is 45.8. The van der Waals surface area contributed by atoms with Gasteiger partial charge >= 0.3 is 11.9 Å². The zero-order valence-corrected chi connectivity index (χ0v) is 17.8. The van der Waals surface area contributed by atoms with Crippen molar-refractivity contribution in [3.63, 3.8) is 0 Å². The molecule has 2 amide bonds. The molecule has 0 heterocycles. The van der Waals surface area contributed by atoms with Gasteiger partial charge in [-0.3, -0.25) is 9.59 Å². The van der Waals surface area contributed by atoms with Crippen LogP contribution in [0.1, 0.15) is 31.8 Å². The molecule has 0 fully saturated rings. The van der Waals surface area contributed by atoms with Gasteiger partial charge in [0.25, 0.3) is 0 Å². The number of carbonyl (C=O) groups is 4. The zero-order chi connectivity index (χ0) is 24.5. The molecule has 8 nitrogen and oxygen atoms in total. The first-order valence-electron chi connectivity index (χ1n) is 10.0. The van der Waals surface area contributed by atoms with Crippen LogP contribution < -0.4 is 10.6 Å². The van der Waals surface area contributed by atoms with Crippen molar-refractivity contribution in [2.24, 2.45) is 0 Å². The minimum absolute atomic E-state index is 0.134. The van der Waals surface area contributed by atoms with Crippen molar-refractivity contribution in [2.75, 3.05) is 10.6 Å². The lowest BCUT2D eigenvalue weighted by Gasteiger charge is -2.03. The number of carbonyl (C=O) groups excluding carboxylic acids is 2. The Hall–Kier alpha value is -4.98. The van der Waals surface area contributed by atoms with E-state index in [1.54, 1.807) is 36.4 Å². The van der Waals surface area contributed by atoms with Crippen LogP contribution in [0.2, 0.25) is 0 Å². The molecule has 0 spiro atoms. The molecule has 8 heteroatoms. The van der Waals surface area contributed by atoms with Crippen molar-refractivity contribution in [3.8, 4) is 0 Å². The molecule has 0 aromatic heterocycles. The summed E-state index contributed by atoms with van der Waals surface area (Å²) in [6, 6.07) is 18.8. The highest BCUT2D eigenvalue weighted by molar-refractivity contribution is 6.03. The second-order valence-corrected chi connectivity index (χ2v) is 7.08. The SMILES string of the molecule is O=C(/C=C/c1ccc(/C=C/C(=O)Nc2ccc(C(=O)O)cc2)cc1)Nc1ccc(C(=O)O)cc1. The largest absolute Gasteiger partial charge is 0.478 e. The van der Waals surface area contributed by atoms with Gasteiger partial charge in [-0.2, -0.15) is 0 Å². The Balaban J connectivity index is 1.51. The summed E-state index contributed by atoms with van der Waals surface area (Å²) in [6.45, 7) is 0. The summed E-state index contributed by atoms with van der Waals surface area (Å²) in [7, 11) is 0. The predicted molar refractivity (Wildman–Crippen MR) is 129 cm³/mol. The minimum atomic E-state index is -1.04. The normalized spacial score (nSPS) is 10.8. The Kier molecular flexibility index (Phi) is 7.70. The van der Waals surface area contributed by atoms with Crippen LogP contribution in [0.3, 0.4) is 0 Å². The van der Waals surface area contributed by atoms with Gasteiger partial charge < -0.3 is 20.8 Å². The minimum Gasteiger partial charge on any atom is -0.478 e. The molecule has 0 saturated heterocycles. The van der Waals surface area contributed by atoms with Gasteiger partial charge in [0.05, 0.1) is 11.1 Å². The molecule has 3 rings (SSSR count). The molecular formula is C26H20N2O6. The summed E-state index contributed by atoms with van der Waals surface area (Å²) in [5.74, 6) is -2.80. The highest BCUT2D eigenvalue weighted by Crippen LogP contribution is 2.12. The van der Waals surface area contributed by atoms with E-state index in [2.05, 4.69) is 10.6 Å². The van der Waals surface area contributed by atoms with Crippen molar-refractivity contribution in [3.05, 3.63) is 107 Å². The van der Waals surface area contributed by atoms with Crippen LogP contribution in [-0.2, 0) is 9.59 Å². The van der Waals surface area contributed by atoms with Crippen LogP contribution in [0.15, 0.2) is 84.9 Å². The highest BCUT2D eigenvalue weighted by Gasteiger charge is 2.04. The van der Waals surface area contributed by atoms with Crippen molar-refractivity contribution in [2.45, 2.75) is 0 Å². The molecule has 0 bridgehead atoms. The van der Waals surface area contributed by atoms with Crippen molar-refractivity contribution in [1.82, 2.24) is 0 Å². The molecule has 0 aliphatic rings. The van der Waals surface area contributed by atoms with Crippen molar-refractivity contribution >= 4 is 47.3 Å². The van der Waals surface area contributed by atoms with Gasteiger partial charge in [-0.25, -0.2) is 9.59 Å². The number of anilines is 2. The van der Waals surface area contributed by atoms with Crippen LogP contribution in [0, 0.1) is 0 Å². The van der Waals surface area contributed by atoms with Gasteiger partial charge in [-0.15, -0.1) is 0 Å². The Labute approximate surface area is 194 Å². The van der Waals surface area contributed by atoms with E-state index in [0.717, 1.165) is 11.1 Å². The first kappa shape index (κ1) is 23.7. The standard InChI is InChI=1S/C26H20N2O6/c29-23(27-21-11-7-19(8-12-21)25(31)32)15-5-17-1-2-18(4-3-17)6-16-24(30)28-22-13-9-20(10-14-22)26(33)34/h1-16H,(H,27,29)(H,28,30)(H,31,32)(H,33,34)/b15-5+,16-6+. The van der Waals surface area contributed by atoms with E-state index in [0.29, 0.717) is 11.4 Å². The number of hydrogen-bond donors (Lipinski definition) is 4. The maximum atomic E-state index is 12.1. The molecule has 0 radical (unpaired) electrons. The summed E-state index contributed by atoms with van der Waals surface area (Å²) in [6.07, 6.45) is 5.97. The number of rotatable bonds is 8. The third-order valence-corrected chi connectivity index (χ3v) is 4.59. The average molecular weight is 456 g/mol. The maximum absolute atomic E-state index is 12.1. The number of benzene rings is 3. The number of hydrogen-bond acceptors (Lipinski definition) is 4. The molecule has 170 valence electrons. The van der Waals surface area contributed by atoms with Gasteiger partial charge in [-0.05, 0) is 71.8 Å². The summed E-state index contributed by atoms with van der Waals surface area (Å²) >= 11 is 0. The number of carboxylic acids is 2. The lowest BCUT2D eigenvalue weighted by atomic mass is 10.1. The van der Waals surface area contributed by atoms with Crippen LogP contribution in [-0.4, -0.2) is 34.0 Å². The van der Waals surface area contributed by atoms with Crippen molar-refractivity contribution < 1.29 is 29.4 Å². The molecule has 0 atom stereocenters. The Bertz CT molecular complexity index is 1160. The average Bonchev–Trinajstić information content (AvgIpc) is 2.83.